The van der Waals surface area contributed by atoms with Gasteiger partial charge in [-0.05, 0) is 18.6 Å². The maximum absolute atomic E-state index is 13.2. The van der Waals surface area contributed by atoms with Crippen molar-refractivity contribution in [3.63, 3.8) is 0 Å². The van der Waals surface area contributed by atoms with Crippen molar-refractivity contribution in [2.45, 2.75) is 26.2 Å². The van der Waals surface area contributed by atoms with Crippen LogP contribution in [0, 0.1) is 12.3 Å². The minimum atomic E-state index is -3.23. The Morgan fingerprint density at radius 2 is 2.06 bits per heavy atom. The van der Waals surface area contributed by atoms with Gasteiger partial charge in [0.15, 0.2) is 11.2 Å². The van der Waals surface area contributed by atoms with E-state index in [2.05, 4.69) is 0 Å². The molecule has 1 aromatic carbocycles. The second-order valence-electron chi connectivity index (χ2n) is 4.62. The molecule has 3 nitrogen and oxygen atoms in total. The molecule has 1 N–H and O–H groups in total. The Balaban J connectivity index is 2.70. The van der Waals surface area contributed by atoms with Gasteiger partial charge in [0.2, 0.25) is 0 Å². The number of aliphatic carboxylic acids is 1. The van der Waals surface area contributed by atoms with Crippen LogP contribution in [0.4, 0.5) is 8.78 Å². The molecule has 0 fully saturated rings. The number of carboxylic acids is 1. The smallest absolute Gasteiger partial charge is 0.324 e. The molecule has 2 rings (SSSR count). The summed E-state index contributed by atoms with van der Waals surface area (Å²) < 4.78 is 26.4. The number of Topliss-reactive ketones (excluding diaryl/α,β-unsaturated/α-hetero) is 1. The summed E-state index contributed by atoms with van der Waals surface area (Å²) in [7, 11) is 0. The first kappa shape index (κ1) is 12.7. The zero-order chi connectivity index (χ0) is 13.7. The Morgan fingerprint density at radius 3 is 2.56 bits per heavy atom. The highest BCUT2D eigenvalue weighted by atomic mass is 19.3. The van der Waals surface area contributed by atoms with Gasteiger partial charge in [0, 0.05) is 11.5 Å². The van der Waals surface area contributed by atoms with Crippen LogP contribution in [0.2, 0.25) is 0 Å². The van der Waals surface area contributed by atoms with Crippen molar-refractivity contribution in [3.05, 3.63) is 34.9 Å². The van der Waals surface area contributed by atoms with Crippen LogP contribution < -0.4 is 0 Å². The minimum Gasteiger partial charge on any atom is -0.480 e. The Morgan fingerprint density at radius 1 is 1.44 bits per heavy atom. The lowest BCUT2D eigenvalue weighted by Gasteiger charge is -2.26. The molecule has 1 aliphatic carbocycles. The Bertz CT molecular complexity index is 539. The molecule has 5 heteroatoms. The van der Waals surface area contributed by atoms with E-state index in [1.807, 2.05) is 0 Å². The SMILES string of the molecule is Cc1ccc2c(c1)C(=O)C(C(=O)O)(C(F)F)C2C. The monoisotopic (exact) mass is 254 g/mol. The Labute approximate surface area is 102 Å². The number of carbonyl (C=O) groups excluding carboxylic acids is 1. The summed E-state index contributed by atoms with van der Waals surface area (Å²) in [6, 6.07) is 4.72. The number of carboxylic acid groups (broad SMARTS) is 1. The quantitative estimate of drug-likeness (QED) is 0.825. The van der Waals surface area contributed by atoms with Gasteiger partial charge in [-0.25, -0.2) is 8.78 Å². The maximum Gasteiger partial charge on any atom is 0.324 e. The molecule has 18 heavy (non-hydrogen) atoms. The van der Waals surface area contributed by atoms with Gasteiger partial charge in [-0.15, -0.1) is 0 Å². The summed E-state index contributed by atoms with van der Waals surface area (Å²) >= 11 is 0. The lowest BCUT2D eigenvalue weighted by molar-refractivity contribution is -0.155. The summed E-state index contributed by atoms with van der Waals surface area (Å²) in [5.41, 5.74) is -1.42. The minimum absolute atomic E-state index is 0.102. The van der Waals surface area contributed by atoms with Crippen LogP contribution >= 0.6 is 0 Å². The first-order chi connectivity index (χ1) is 8.33. The topological polar surface area (TPSA) is 54.4 Å². The molecule has 0 saturated carbocycles. The van der Waals surface area contributed by atoms with E-state index in [0.29, 0.717) is 5.56 Å². The van der Waals surface area contributed by atoms with E-state index in [-0.39, 0.29) is 5.56 Å². The molecule has 2 atom stereocenters. The molecular formula is C13H12F2O3. The van der Waals surface area contributed by atoms with Gasteiger partial charge in [-0.2, -0.15) is 0 Å². The molecule has 0 heterocycles. The first-order valence-electron chi connectivity index (χ1n) is 5.50. The zero-order valence-corrected chi connectivity index (χ0v) is 9.91. The number of ketones is 1. The van der Waals surface area contributed by atoms with Crippen LogP contribution in [-0.2, 0) is 4.79 Å². The molecule has 1 aromatic rings. The molecule has 0 aliphatic heterocycles. The molecule has 0 radical (unpaired) electrons. The van der Waals surface area contributed by atoms with Crippen molar-refractivity contribution >= 4 is 11.8 Å². The van der Waals surface area contributed by atoms with Gasteiger partial charge in [0.1, 0.15) is 0 Å². The van der Waals surface area contributed by atoms with Crippen molar-refractivity contribution in [3.8, 4) is 0 Å². The zero-order valence-electron chi connectivity index (χ0n) is 9.91. The summed E-state index contributed by atoms with van der Waals surface area (Å²) in [5, 5.41) is 9.12. The third kappa shape index (κ3) is 1.33. The second-order valence-corrected chi connectivity index (χ2v) is 4.62. The lowest BCUT2D eigenvalue weighted by atomic mass is 9.76. The normalized spacial score (nSPS) is 26.5. The molecule has 0 bridgehead atoms. The predicted molar refractivity (Wildman–Crippen MR) is 60.0 cm³/mol. The van der Waals surface area contributed by atoms with Crippen LogP contribution in [0.5, 0.6) is 0 Å². The highest BCUT2D eigenvalue weighted by Crippen LogP contribution is 2.50. The average Bonchev–Trinajstić information content (AvgIpc) is 2.49. The fraction of sp³-hybridized carbons (Fsp3) is 0.385. The number of benzene rings is 1. The van der Waals surface area contributed by atoms with E-state index in [9.17, 15) is 18.4 Å². The van der Waals surface area contributed by atoms with E-state index in [4.69, 9.17) is 5.11 Å². The molecule has 0 spiro atoms. The molecular weight excluding hydrogens is 242 g/mol. The first-order valence-corrected chi connectivity index (χ1v) is 5.50. The summed E-state index contributed by atoms with van der Waals surface area (Å²) in [6.45, 7) is 3.08. The van der Waals surface area contributed by atoms with Crippen LogP contribution in [0.1, 0.15) is 34.3 Å². The number of alkyl halides is 2. The Kier molecular flexibility index (Phi) is 2.72. The van der Waals surface area contributed by atoms with Crippen molar-refractivity contribution in [1.29, 1.82) is 0 Å². The summed E-state index contributed by atoms with van der Waals surface area (Å²) in [4.78, 5) is 23.3. The largest absolute Gasteiger partial charge is 0.480 e. The van der Waals surface area contributed by atoms with E-state index >= 15 is 0 Å². The molecule has 0 saturated heterocycles. The fourth-order valence-electron chi connectivity index (χ4n) is 2.57. The van der Waals surface area contributed by atoms with Crippen molar-refractivity contribution in [2.24, 2.45) is 5.41 Å². The van der Waals surface area contributed by atoms with E-state index in [1.54, 1.807) is 19.1 Å². The van der Waals surface area contributed by atoms with Crippen LogP contribution in [0.25, 0.3) is 0 Å². The van der Waals surface area contributed by atoms with E-state index in [1.165, 1.54) is 13.0 Å². The van der Waals surface area contributed by atoms with Gasteiger partial charge >= 0.3 is 5.97 Å². The summed E-state index contributed by atoms with van der Waals surface area (Å²) in [5.74, 6) is -3.78. The molecule has 2 unspecified atom stereocenters. The number of hydrogen-bond acceptors (Lipinski definition) is 2. The summed E-state index contributed by atoms with van der Waals surface area (Å²) in [6.07, 6.45) is -3.23. The number of halogens is 2. The van der Waals surface area contributed by atoms with Crippen molar-refractivity contribution < 1.29 is 23.5 Å². The third-order valence-electron chi connectivity index (χ3n) is 3.68. The van der Waals surface area contributed by atoms with Crippen LogP contribution in [0.3, 0.4) is 0 Å². The van der Waals surface area contributed by atoms with Gasteiger partial charge in [0.25, 0.3) is 6.43 Å². The fourth-order valence-corrected chi connectivity index (χ4v) is 2.57. The number of rotatable bonds is 2. The van der Waals surface area contributed by atoms with Gasteiger partial charge in [-0.3, -0.25) is 9.59 Å². The van der Waals surface area contributed by atoms with Gasteiger partial charge in [-0.1, -0.05) is 24.6 Å². The number of aryl methyl sites for hydroxylation is 1. The Hall–Kier alpha value is -1.78. The number of hydrogen-bond donors (Lipinski definition) is 1. The highest BCUT2D eigenvalue weighted by Gasteiger charge is 2.63. The standard InChI is InChI=1S/C13H12F2O3/c1-6-3-4-8-7(2)13(11(14)15,12(17)18)10(16)9(8)5-6/h3-5,7,11H,1-2H3,(H,17,18). The van der Waals surface area contributed by atoms with Crippen LogP contribution in [0.15, 0.2) is 18.2 Å². The predicted octanol–water partition coefficient (Wildman–Crippen LogP) is 2.63. The van der Waals surface area contributed by atoms with Crippen molar-refractivity contribution in [2.75, 3.05) is 0 Å². The molecule has 1 aliphatic rings. The van der Waals surface area contributed by atoms with E-state index < -0.39 is 29.5 Å². The average molecular weight is 254 g/mol. The molecule has 0 amide bonds. The lowest BCUT2D eigenvalue weighted by Crippen LogP contribution is -2.45. The number of fused-ring (bicyclic) bond motifs is 1. The maximum atomic E-state index is 13.2. The highest BCUT2D eigenvalue weighted by molar-refractivity contribution is 6.17. The van der Waals surface area contributed by atoms with Gasteiger partial charge in [0.05, 0.1) is 0 Å². The molecule has 96 valence electrons. The van der Waals surface area contributed by atoms with Crippen LogP contribution in [-0.4, -0.2) is 23.3 Å². The van der Waals surface area contributed by atoms with Gasteiger partial charge < -0.3 is 5.11 Å². The second kappa shape index (κ2) is 3.86. The van der Waals surface area contributed by atoms with E-state index in [0.717, 1.165) is 5.56 Å². The molecule has 0 aromatic heterocycles. The van der Waals surface area contributed by atoms with Crippen molar-refractivity contribution in [1.82, 2.24) is 0 Å². The number of carbonyl (C=O) groups is 2. The third-order valence-corrected chi connectivity index (χ3v) is 3.68.